The lowest BCUT2D eigenvalue weighted by molar-refractivity contribution is -0.141. The Balaban J connectivity index is 1.64. The van der Waals surface area contributed by atoms with Crippen LogP contribution in [0.4, 0.5) is 0 Å². The van der Waals surface area contributed by atoms with Gasteiger partial charge in [0.2, 0.25) is 0 Å². The second-order valence-electron chi connectivity index (χ2n) is 8.62. The Hall–Kier alpha value is -2.95. The second kappa shape index (κ2) is 7.71. The molecule has 5 heteroatoms. The average Bonchev–Trinajstić information content (AvgIpc) is 3.40. The van der Waals surface area contributed by atoms with Crippen LogP contribution in [0.3, 0.4) is 0 Å². The zero-order valence-electron chi connectivity index (χ0n) is 17.0. The van der Waals surface area contributed by atoms with Gasteiger partial charge in [-0.3, -0.25) is 14.6 Å². The van der Waals surface area contributed by atoms with Crippen molar-refractivity contribution in [1.82, 2.24) is 9.88 Å². The van der Waals surface area contributed by atoms with Crippen molar-refractivity contribution in [3.63, 3.8) is 0 Å². The molecule has 1 N–H and O–H groups in total. The Kier molecular flexibility index (Phi) is 4.89. The van der Waals surface area contributed by atoms with E-state index in [4.69, 9.17) is 0 Å². The van der Waals surface area contributed by atoms with E-state index in [0.29, 0.717) is 5.56 Å². The van der Waals surface area contributed by atoms with Gasteiger partial charge in [-0.1, -0.05) is 31.0 Å². The Morgan fingerprint density at radius 1 is 1.00 bits per heavy atom. The minimum Gasteiger partial charge on any atom is -0.507 e. The number of pyridine rings is 1. The Morgan fingerprint density at radius 3 is 2.50 bits per heavy atom. The molecule has 30 heavy (non-hydrogen) atoms. The number of aryl methyl sites for hydroxylation is 2. The Labute approximate surface area is 176 Å². The molecule has 1 aromatic carbocycles. The average molecular weight is 402 g/mol. The number of Topliss-reactive ketones (excluding diaryl/α,β-unsaturated/α-hetero) is 1. The second-order valence-corrected chi connectivity index (χ2v) is 8.62. The third-order valence-corrected chi connectivity index (χ3v) is 6.82. The summed E-state index contributed by atoms with van der Waals surface area (Å²) in [5.41, 5.74) is 4.12. The minimum atomic E-state index is -0.592. The summed E-state index contributed by atoms with van der Waals surface area (Å²) in [6.07, 6.45) is 11.6. The third kappa shape index (κ3) is 3.13. The lowest BCUT2D eigenvalue weighted by atomic mass is 9.89. The smallest absolute Gasteiger partial charge is 0.295 e. The summed E-state index contributed by atoms with van der Waals surface area (Å²) in [4.78, 5) is 32.1. The first kappa shape index (κ1) is 19.0. The predicted octanol–water partition coefficient (Wildman–Crippen LogP) is 4.32. The van der Waals surface area contributed by atoms with E-state index >= 15 is 0 Å². The zero-order valence-corrected chi connectivity index (χ0v) is 17.0. The van der Waals surface area contributed by atoms with Gasteiger partial charge in [0.1, 0.15) is 5.76 Å². The van der Waals surface area contributed by atoms with Gasteiger partial charge in [-0.25, -0.2) is 0 Å². The summed E-state index contributed by atoms with van der Waals surface area (Å²) in [7, 11) is 0. The van der Waals surface area contributed by atoms with Crippen molar-refractivity contribution < 1.29 is 14.7 Å². The summed E-state index contributed by atoms with van der Waals surface area (Å²) in [6.45, 7) is 0. The highest BCUT2D eigenvalue weighted by Gasteiger charge is 2.49. The first-order valence-electron chi connectivity index (χ1n) is 11.0. The summed E-state index contributed by atoms with van der Waals surface area (Å²) in [5.74, 6) is -1.17. The molecule has 2 aromatic rings. The number of likely N-dealkylation sites (tertiary alicyclic amines) is 1. The largest absolute Gasteiger partial charge is 0.507 e. The van der Waals surface area contributed by atoms with Gasteiger partial charge in [-0.2, -0.15) is 0 Å². The molecule has 154 valence electrons. The fourth-order valence-corrected chi connectivity index (χ4v) is 5.31. The lowest BCUT2D eigenvalue weighted by Gasteiger charge is -2.30. The molecule has 1 aliphatic heterocycles. The van der Waals surface area contributed by atoms with Crippen LogP contribution in [0.1, 0.15) is 66.8 Å². The van der Waals surface area contributed by atoms with Crippen LogP contribution >= 0.6 is 0 Å². The highest BCUT2D eigenvalue weighted by atomic mass is 16.3. The Morgan fingerprint density at radius 2 is 1.77 bits per heavy atom. The summed E-state index contributed by atoms with van der Waals surface area (Å²) in [5, 5.41) is 11.3. The maximum Gasteiger partial charge on any atom is 0.295 e. The molecule has 0 radical (unpaired) electrons. The highest BCUT2D eigenvalue weighted by Crippen LogP contribution is 2.43. The number of carbonyl (C=O) groups is 2. The number of ketones is 1. The molecule has 2 aliphatic carbocycles. The standard InChI is InChI=1S/C25H26N2O3/c28-23(18-12-11-16-6-1-2-7-17(16)14-18)21-22(19-8-5-13-26-15-19)27(25(30)24(21)29)20-9-3-4-10-20/h5,8,11-15,20,22,28H,1-4,6-7,9-10H2/b23-21-. The van der Waals surface area contributed by atoms with E-state index in [1.807, 2.05) is 24.3 Å². The monoisotopic (exact) mass is 402 g/mol. The molecule has 2 fully saturated rings. The minimum absolute atomic E-state index is 0.0282. The third-order valence-electron chi connectivity index (χ3n) is 6.82. The van der Waals surface area contributed by atoms with Crippen LogP contribution < -0.4 is 0 Å². The number of fused-ring (bicyclic) bond motifs is 1. The van der Waals surface area contributed by atoms with Crippen molar-refractivity contribution in [1.29, 1.82) is 0 Å². The number of rotatable bonds is 3. The summed E-state index contributed by atoms with van der Waals surface area (Å²) in [6, 6.07) is 9.05. The molecule has 3 aliphatic rings. The number of aromatic nitrogens is 1. The summed E-state index contributed by atoms with van der Waals surface area (Å²) >= 11 is 0. The van der Waals surface area contributed by atoms with Crippen molar-refractivity contribution in [3.8, 4) is 0 Å². The number of aliphatic hydroxyl groups excluding tert-OH is 1. The number of benzene rings is 1. The van der Waals surface area contributed by atoms with E-state index < -0.39 is 17.7 Å². The first-order chi connectivity index (χ1) is 14.6. The van der Waals surface area contributed by atoms with Gasteiger partial charge < -0.3 is 10.0 Å². The SMILES string of the molecule is O=C1C(=O)N(C2CCCC2)C(c2cccnc2)/C1=C(/O)c1ccc2c(c1)CCCC2. The molecular weight excluding hydrogens is 376 g/mol. The molecule has 1 atom stereocenters. The highest BCUT2D eigenvalue weighted by molar-refractivity contribution is 6.46. The molecule has 1 saturated heterocycles. The van der Waals surface area contributed by atoms with Gasteiger partial charge in [0.05, 0.1) is 11.6 Å². The van der Waals surface area contributed by atoms with E-state index in [1.54, 1.807) is 17.3 Å². The van der Waals surface area contributed by atoms with Crippen molar-refractivity contribution in [3.05, 3.63) is 70.6 Å². The molecule has 0 bridgehead atoms. The molecular formula is C25H26N2O3. The molecule has 1 amide bonds. The van der Waals surface area contributed by atoms with Crippen LogP contribution in [-0.2, 0) is 22.4 Å². The number of carbonyl (C=O) groups excluding carboxylic acids is 2. The van der Waals surface area contributed by atoms with Gasteiger partial charge in [0.25, 0.3) is 11.7 Å². The maximum absolute atomic E-state index is 13.1. The molecule has 5 rings (SSSR count). The van der Waals surface area contributed by atoms with E-state index in [2.05, 4.69) is 11.1 Å². The van der Waals surface area contributed by atoms with E-state index in [0.717, 1.165) is 50.5 Å². The fraction of sp³-hybridized carbons (Fsp3) is 0.400. The quantitative estimate of drug-likeness (QED) is 0.471. The van der Waals surface area contributed by atoms with Crippen LogP contribution in [-0.4, -0.2) is 32.7 Å². The van der Waals surface area contributed by atoms with E-state index in [1.165, 1.54) is 17.5 Å². The van der Waals surface area contributed by atoms with Crippen LogP contribution in [0.25, 0.3) is 5.76 Å². The normalized spacial score (nSPS) is 23.7. The fourth-order valence-electron chi connectivity index (χ4n) is 5.31. The molecule has 2 heterocycles. The molecule has 1 saturated carbocycles. The summed E-state index contributed by atoms with van der Waals surface area (Å²) < 4.78 is 0. The van der Waals surface area contributed by atoms with Crippen molar-refractivity contribution in [2.45, 2.75) is 63.5 Å². The number of aliphatic hydroxyl groups is 1. The topological polar surface area (TPSA) is 70.5 Å². The zero-order chi connectivity index (χ0) is 20.7. The molecule has 0 spiro atoms. The van der Waals surface area contributed by atoms with Crippen LogP contribution in [0.2, 0.25) is 0 Å². The lowest BCUT2D eigenvalue weighted by Crippen LogP contribution is -2.37. The number of hydrogen-bond donors (Lipinski definition) is 1. The van der Waals surface area contributed by atoms with Crippen molar-refractivity contribution in [2.24, 2.45) is 0 Å². The Bertz CT molecular complexity index is 1020. The molecule has 1 aromatic heterocycles. The first-order valence-corrected chi connectivity index (χ1v) is 11.0. The van der Waals surface area contributed by atoms with Crippen molar-refractivity contribution in [2.75, 3.05) is 0 Å². The molecule has 5 nitrogen and oxygen atoms in total. The maximum atomic E-state index is 13.1. The van der Waals surface area contributed by atoms with Gasteiger partial charge in [-0.15, -0.1) is 0 Å². The van der Waals surface area contributed by atoms with Crippen LogP contribution in [0, 0.1) is 0 Å². The number of hydrogen-bond acceptors (Lipinski definition) is 4. The predicted molar refractivity (Wildman–Crippen MR) is 114 cm³/mol. The number of amides is 1. The van der Waals surface area contributed by atoms with Gasteiger partial charge in [-0.05, 0) is 67.3 Å². The van der Waals surface area contributed by atoms with Crippen LogP contribution in [0.15, 0.2) is 48.3 Å². The van der Waals surface area contributed by atoms with Crippen LogP contribution in [0.5, 0.6) is 0 Å². The van der Waals surface area contributed by atoms with Crippen molar-refractivity contribution >= 4 is 17.4 Å². The number of nitrogens with zero attached hydrogens (tertiary/aromatic N) is 2. The van der Waals surface area contributed by atoms with E-state index in [-0.39, 0.29) is 17.4 Å². The van der Waals surface area contributed by atoms with E-state index in [9.17, 15) is 14.7 Å². The van der Waals surface area contributed by atoms with Gasteiger partial charge in [0, 0.05) is 24.0 Å². The molecule has 1 unspecified atom stereocenters. The van der Waals surface area contributed by atoms with Gasteiger partial charge in [0.15, 0.2) is 0 Å². The van der Waals surface area contributed by atoms with Gasteiger partial charge >= 0.3 is 0 Å².